The third-order valence-corrected chi connectivity index (χ3v) is 6.56. The maximum Gasteiger partial charge on any atom is 0.435 e. The summed E-state index contributed by atoms with van der Waals surface area (Å²) in [4.78, 5) is 35.4. The number of alkyl halides is 3. The van der Waals surface area contributed by atoms with E-state index in [1.807, 2.05) is 0 Å². The van der Waals surface area contributed by atoms with Crippen LogP contribution in [0.15, 0.2) is 41.6 Å². The Kier molecular flexibility index (Phi) is 6.87. The minimum Gasteiger partial charge on any atom is -0.374 e. The van der Waals surface area contributed by atoms with Gasteiger partial charge in [0.2, 0.25) is 0 Å². The summed E-state index contributed by atoms with van der Waals surface area (Å²) < 4.78 is 42.6. The number of carbonyl (C=O) groups excluding carboxylic acids is 2. The van der Waals surface area contributed by atoms with E-state index in [0.717, 1.165) is 12.1 Å². The molecule has 0 saturated carbocycles. The lowest BCUT2D eigenvalue weighted by atomic mass is 9.86. The minimum atomic E-state index is -4.81. The maximum atomic E-state index is 14.2. The monoisotopic (exact) mass is 528 g/mol. The molecule has 1 fully saturated rings. The van der Waals surface area contributed by atoms with E-state index in [9.17, 15) is 22.8 Å². The zero-order chi connectivity index (χ0) is 25.5. The SMILES string of the molecule is CCN1OCC(CC(=O)c2ccc(C3=NOC(c4cc(Cl)cc(Cl)c4)(C(F)(F)F)C3)cc2C)C1=O. The van der Waals surface area contributed by atoms with E-state index < -0.39 is 24.1 Å². The number of nitrogens with zero attached hydrogens (tertiary/aromatic N) is 2. The van der Waals surface area contributed by atoms with Crippen LogP contribution in [-0.2, 0) is 20.1 Å². The first-order valence-electron chi connectivity index (χ1n) is 10.8. The van der Waals surface area contributed by atoms with Crippen LogP contribution in [-0.4, -0.2) is 41.8 Å². The number of amides is 1. The molecule has 0 N–H and O–H groups in total. The smallest absolute Gasteiger partial charge is 0.374 e. The molecule has 4 rings (SSSR count). The molecule has 0 spiro atoms. The molecule has 2 aliphatic heterocycles. The van der Waals surface area contributed by atoms with E-state index in [2.05, 4.69) is 5.16 Å². The van der Waals surface area contributed by atoms with Crippen molar-refractivity contribution in [3.8, 4) is 0 Å². The Hall–Kier alpha value is -2.62. The lowest BCUT2D eigenvalue weighted by Gasteiger charge is -2.29. The molecule has 1 amide bonds. The molecule has 2 aromatic rings. The van der Waals surface area contributed by atoms with Gasteiger partial charge in [-0.2, -0.15) is 13.2 Å². The van der Waals surface area contributed by atoms with Crippen molar-refractivity contribution in [2.45, 2.75) is 38.5 Å². The summed E-state index contributed by atoms with van der Waals surface area (Å²) in [5, 5.41) is 5.06. The summed E-state index contributed by atoms with van der Waals surface area (Å²) in [6.07, 6.45) is -5.42. The average molecular weight is 529 g/mol. The Bertz CT molecular complexity index is 1200. The zero-order valence-corrected chi connectivity index (χ0v) is 20.3. The van der Waals surface area contributed by atoms with Gasteiger partial charge in [-0.15, -0.1) is 0 Å². The highest BCUT2D eigenvalue weighted by Crippen LogP contribution is 2.49. The third-order valence-electron chi connectivity index (χ3n) is 6.12. The van der Waals surface area contributed by atoms with Crippen molar-refractivity contribution in [1.29, 1.82) is 0 Å². The van der Waals surface area contributed by atoms with Crippen LogP contribution in [0.3, 0.4) is 0 Å². The van der Waals surface area contributed by atoms with Crippen LogP contribution < -0.4 is 0 Å². The quantitative estimate of drug-likeness (QED) is 0.440. The highest BCUT2D eigenvalue weighted by atomic mass is 35.5. The summed E-state index contributed by atoms with van der Waals surface area (Å²) in [6.45, 7) is 3.97. The fourth-order valence-electron chi connectivity index (χ4n) is 4.25. The third kappa shape index (κ3) is 4.77. The first-order valence-corrected chi connectivity index (χ1v) is 11.6. The fraction of sp³-hybridized carbons (Fsp3) is 0.375. The van der Waals surface area contributed by atoms with E-state index in [0.29, 0.717) is 23.2 Å². The second-order valence-corrected chi connectivity index (χ2v) is 9.34. The molecular weight excluding hydrogens is 508 g/mol. The van der Waals surface area contributed by atoms with Gasteiger partial charge in [-0.3, -0.25) is 14.4 Å². The van der Waals surface area contributed by atoms with Crippen molar-refractivity contribution in [2.75, 3.05) is 13.2 Å². The summed E-state index contributed by atoms with van der Waals surface area (Å²) in [6, 6.07) is 8.26. The number of ketones is 1. The molecule has 0 radical (unpaired) electrons. The van der Waals surface area contributed by atoms with Gasteiger partial charge in [0.25, 0.3) is 11.5 Å². The molecule has 2 unspecified atom stereocenters. The summed E-state index contributed by atoms with van der Waals surface area (Å²) in [5.41, 5.74) is -1.62. The molecule has 2 heterocycles. The van der Waals surface area contributed by atoms with Crippen LogP contribution in [0.5, 0.6) is 0 Å². The second-order valence-electron chi connectivity index (χ2n) is 8.47. The molecule has 35 heavy (non-hydrogen) atoms. The van der Waals surface area contributed by atoms with Crippen molar-refractivity contribution in [3.63, 3.8) is 0 Å². The van der Waals surface area contributed by atoms with Crippen LogP contribution in [0, 0.1) is 12.8 Å². The maximum absolute atomic E-state index is 14.2. The number of carbonyl (C=O) groups is 2. The Morgan fingerprint density at radius 1 is 1.20 bits per heavy atom. The van der Waals surface area contributed by atoms with Crippen molar-refractivity contribution in [1.82, 2.24) is 5.06 Å². The first-order chi connectivity index (χ1) is 16.4. The number of hydrogen-bond acceptors (Lipinski definition) is 5. The molecule has 2 aromatic carbocycles. The number of hydrogen-bond donors (Lipinski definition) is 0. The van der Waals surface area contributed by atoms with Gasteiger partial charge in [0, 0.05) is 40.6 Å². The lowest BCUT2D eigenvalue weighted by Crippen LogP contribution is -2.42. The topological polar surface area (TPSA) is 68.2 Å². The summed E-state index contributed by atoms with van der Waals surface area (Å²) >= 11 is 11.9. The highest BCUT2D eigenvalue weighted by Gasteiger charge is 2.62. The molecular formula is C24H21Cl2F3N2O4. The van der Waals surface area contributed by atoms with Crippen molar-refractivity contribution < 1.29 is 32.4 Å². The van der Waals surface area contributed by atoms with E-state index in [1.54, 1.807) is 19.9 Å². The zero-order valence-electron chi connectivity index (χ0n) is 18.8. The minimum absolute atomic E-state index is 0.0215. The number of oxime groups is 1. The van der Waals surface area contributed by atoms with Gasteiger partial charge in [0.1, 0.15) is 0 Å². The molecule has 2 aliphatic rings. The molecule has 1 saturated heterocycles. The fourth-order valence-corrected chi connectivity index (χ4v) is 4.77. The second kappa shape index (κ2) is 9.44. The predicted molar refractivity (Wildman–Crippen MR) is 123 cm³/mol. The van der Waals surface area contributed by atoms with Crippen molar-refractivity contribution in [2.24, 2.45) is 11.1 Å². The summed E-state index contributed by atoms with van der Waals surface area (Å²) in [7, 11) is 0. The Labute approximate surface area is 209 Å². The van der Waals surface area contributed by atoms with Crippen LogP contribution in [0.1, 0.15) is 46.8 Å². The van der Waals surface area contributed by atoms with Crippen molar-refractivity contribution >= 4 is 40.6 Å². The van der Waals surface area contributed by atoms with Crippen molar-refractivity contribution in [3.05, 3.63) is 68.7 Å². The average Bonchev–Trinajstić information content (AvgIpc) is 3.38. The number of Topliss-reactive ketones (excluding diaryl/α,β-unsaturated/α-hetero) is 1. The lowest BCUT2D eigenvalue weighted by molar-refractivity contribution is -0.275. The number of hydroxylamine groups is 2. The molecule has 186 valence electrons. The summed E-state index contributed by atoms with van der Waals surface area (Å²) in [5.74, 6) is -1.06. The van der Waals surface area contributed by atoms with Gasteiger partial charge >= 0.3 is 6.18 Å². The largest absolute Gasteiger partial charge is 0.435 e. The number of aryl methyl sites for hydroxylation is 1. The molecule has 2 atom stereocenters. The molecule has 0 aliphatic carbocycles. The number of halogens is 5. The van der Waals surface area contributed by atoms with E-state index in [1.165, 1.54) is 23.3 Å². The van der Waals surface area contributed by atoms with Gasteiger partial charge in [-0.05, 0) is 49.2 Å². The van der Waals surface area contributed by atoms with Gasteiger partial charge < -0.3 is 4.84 Å². The Morgan fingerprint density at radius 2 is 1.89 bits per heavy atom. The molecule has 0 bridgehead atoms. The van der Waals surface area contributed by atoms with E-state index >= 15 is 0 Å². The van der Waals surface area contributed by atoms with Gasteiger partial charge in [-0.1, -0.05) is 40.5 Å². The van der Waals surface area contributed by atoms with Crippen LogP contribution in [0.4, 0.5) is 13.2 Å². The van der Waals surface area contributed by atoms with Crippen LogP contribution >= 0.6 is 23.2 Å². The molecule has 11 heteroatoms. The van der Waals surface area contributed by atoms with Gasteiger partial charge in [-0.25, -0.2) is 5.06 Å². The Morgan fingerprint density at radius 3 is 2.46 bits per heavy atom. The van der Waals surface area contributed by atoms with Crippen LogP contribution in [0.25, 0.3) is 0 Å². The van der Waals surface area contributed by atoms with E-state index in [-0.39, 0.29) is 46.0 Å². The standard InChI is InChI=1S/C24H21Cl2F3N2O4/c1-3-31-22(33)15(12-34-31)7-21(32)19-5-4-14(6-13(19)2)20-11-23(35-30-20,24(27,28)29)16-8-17(25)10-18(26)9-16/h4-6,8-10,15H,3,7,11-12H2,1-2H3. The first kappa shape index (κ1) is 25.5. The van der Waals surface area contributed by atoms with E-state index in [4.69, 9.17) is 32.9 Å². The number of benzene rings is 2. The van der Waals surface area contributed by atoms with Crippen LogP contribution in [0.2, 0.25) is 10.0 Å². The highest BCUT2D eigenvalue weighted by molar-refractivity contribution is 6.34. The molecule has 0 aromatic heterocycles. The van der Waals surface area contributed by atoms with Gasteiger partial charge in [0.05, 0.1) is 18.2 Å². The normalized spacial score (nSPS) is 22.4. The van der Waals surface area contributed by atoms with Gasteiger partial charge in [0.15, 0.2) is 5.78 Å². The number of rotatable bonds is 6. The predicted octanol–water partition coefficient (Wildman–Crippen LogP) is 5.87. The Balaban J connectivity index is 1.56. The molecule has 6 nitrogen and oxygen atoms in total.